The summed E-state index contributed by atoms with van der Waals surface area (Å²) >= 11 is 0. The van der Waals surface area contributed by atoms with Crippen molar-refractivity contribution in [2.75, 3.05) is 16.0 Å². The molecule has 5 nitrogen and oxygen atoms in total. The number of carbonyl (C=O) groups is 2. The van der Waals surface area contributed by atoms with Crippen LogP contribution in [0.25, 0.3) is 0 Å². The molecule has 1 atom stereocenters. The number of amides is 2. The van der Waals surface area contributed by atoms with Gasteiger partial charge in [0.15, 0.2) is 0 Å². The minimum absolute atomic E-state index is 0.213. The summed E-state index contributed by atoms with van der Waals surface area (Å²) in [5.74, 6) is -0.620. The third kappa shape index (κ3) is 5.51. The Balaban J connectivity index is 1.98. The number of alkyl halides is 3. The Morgan fingerprint density at radius 3 is 2.12 bits per heavy atom. The number of halogens is 3. The van der Waals surface area contributed by atoms with Crippen molar-refractivity contribution in [3.63, 3.8) is 0 Å². The number of hydrogen-bond acceptors (Lipinski definition) is 3. The van der Waals surface area contributed by atoms with Crippen molar-refractivity contribution in [3.8, 4) is 0 Å². The molecule has 0 bridgehead atoms. The Bertz CT molecular complexity index is 789. The summed E-state index contributed by atoms with van der Waals surface area (Å²) in [7, 11) is 0. The van der Waals surface area contributed by atoms with Crippen molar-refractivity contribution in [1.82, 2.24) is 0 Å². The fourth-order valence-electron chi connectivity index (χ4n) is 2.20. The molecule has 0 aromatic heterocycles. The molecule has 0 aliphatic heterocycles. The lowest BCUT2D eigenvalue weighted by Crippen LogP contribution is -2.31. The standard InChI is InChI=1S/C18H18F3N3O2/c1-11(22-15-4-3-5-16(10-15)23-12(2)25)17(26)24-14-8-6-13(7-9-14)18(19,20)21/h3-11,22H,1-2H3,(H,23,25)(H,24,26)/t11-/m1/s1. The van der Waals surface area contributed by atoms with E-state index in [0.29, 0.717) is 11.4 Å². The number of nitrogens with one attached hydrogen (secondary N) is 3. The maximum atomic E-state index is 12.5. The van der Waals surface area contributed by atoms with Crippen LogP contribution in [0.15, 0.2) is 48.5 Å². The van der Waals surface area contributed by atoms with E-state index in [0.717, 1.165) is 12.1 Å². The smallest absolute Gasteiger partial charge is 0.374 e. The first-order valence-electron chi connectivity index (χ1n) is 7.77. The molecule has 0 saturated heterocycles. The van der Waals surface area contributed by atoms with Crippen LogP contribution in [0.4, 0.5) is 30.2 Å². The average molecular weight is 365 g/mol. The molecule has 26 heavy (non-hydrogen) atoms. The molecule has 2 rings (SSSR count). The topological polar surface area (TPSA) is 70.2 Å². The van der Waals surface area contributed by atoms with Crippen LogP contribution in [0.2, 0.25) is 0 Å². The van der Waals surface area contributed by atoms with Gasteiger partial charge in [0.2, 0.25) is 11.8 Å². The Labute approximate surface area is 148 Å². The van der Waals surface area contributed by atoms with Gasteiger partial charge in [-0.15, -0.1) is 0 Å². The van der Waals surface area contributed by atoms with Crippen molar-refractivity contribution in [3.05, 3.63) is 54.1 Å². The van der Waals surface area contributed by atoms with Gasteiger partial charge in [0, 0.05) is 24.0 Å². The molecule has 2 aromatic rings. The predicted octanol–water partition coefficient (Wildman–Crippen LogP) is 4.10. The molecule has 0 aliphatic carbocycles. The van der Waals surface area contributed by atoms with E-state index in [1.165, 1.54) is 19.1 Å². The number of anilines is 3. The monoisotopic (exact) mass is 365 g/mol. The molecule has 138 valence electrons. The van der Waals surface area contributed by atoms with Crippen LogP contribution in [-0.4, -0.2) is 17.9 Å². The Morgan fingerprint density at radius 1 is 0.923 bits per heavy atom. The van der Waals surface area contributed by atoms with Crippen LogP contribution in [0.1, 0.15) is 19.4 Å². The molecule has 0 aliphatic rings. The highest BCUT2D eigenvalue weighted by atomic mass is 19.4. The van der Waals surface area contributed by atoms with Crippen LogP contribution < -0.4 is 16.0 Å². The zero-order valence-corrected chi connectivity index (χ0v) is 14.1. The SMILES string of the molecule is CC(=O)Nc1cccc(N[C@H](C)C(=O)Nc2ccc(C(F)(F)F)cc2)c1. The average Bonchev–Trinajstić information content (AvgIpc) is 2.54. The number of rotatable bonds is 5. The second-order valence-electron chi connectivity index (χ2n) is 5.69. The highest BCUT2D eigenvalue weighted by Crippen LogP contribution is 2.29. The lowest BCUT2D eigenvalue weighted by molar-refractivity contribution is -0.137. The van der Waals surface area contributed by atoms with Gasteiger partial charge >= 0.3 is 6.18 Å². The van der Waals surface area contributed by atoms with Crippen LogP contribution in [0.3, 0.4) is 0 Å². The molecule has 8 heteroatoms. The van der Waals surface area contributed by atoms with Crippen molar-refractivity contribution >= 4 is 28.9 Å². The fraction of sp³-hybridized carbons (Fsp3) is 0.222. The number of carbonyl (C=O) groups excluding carboxylic acids is 2. The minimum Gasteiger partial charge on any atom is -0.374 e. The van der Waals surface area contributed by atoms with Crippen LogP contribution in [0.5, 0.6) is 0 Å². The second-order valence-corrected chi connectivity index (χ2v) is 5.69. The first-order valence-corrected chi connectivity index (χ1v) is 7.77. The summed E-state index contributed by atoms with van der Waals surface area (Å²) in [6.07, 6.45) is -4.42. The highest BCUT2D eigenvalue weighted by molar-refractivity contribution is 5.96. The van der Waals surface area contributed by atoms with Crippen LogP contribution in [0, 0.1) is 0 Å². The van der Waals surface area contributed by atoms with Gasteiger partial charge in [-0.25, -0.2) is 0 Å². The molecule has 0 fully saturated rings. The summed E-state index contributed by atoms with van der Waals surface area (Å²) < 4.78 is 37.6. The Hall–Kier alpha value is -3.03. The van der Waals surface area contributed by atoms with E-state index in [9.17, 15) is 22.8 Å². The van der Waals surface area contributed by atoms with E-state index >= 15 is 0 Å². The lowest BCUT2D eigenvalue weighted by atomic mass is 10.2. The van der Waals surface area contributed by atoms with Gasteiger partial charge in [0.1, 0.15) is 6.04 Å². The minimum atomic E-state index is -4.42. The summed E-state index contributed by atoms with van der Waals surface area (Å²) in [5, 5.41) is 8.15. The summed E-state index contributed by atoms with van der Waals surface area (Å²) in [5.41, 5.74) is 0.685. The molecule has 0 unspecified atom stereocenters. The fourth-order valence-corrected chi connectivity index (χ4v) is 2.20. The molecule has 0 saturated carbocycles. The van der Waals surface area contributed by atoms with Crippen molar-refractivity contribution in [2.24, 2.45) is 0 Å². The van der Waals surface area contributed by atoms with Gasteiger partial charge in [0.05, 0.1) is 5.56 Å². The van der Waals surface area contributed by atoms with Gasteiger partial charge in [-0.05, 0) is 49.4 Å². The molecule has 3 N–H and O–H groups in total. The van der Waals surface area contributed by atoms with Crippen molar-refractivity contribution in [2.45, 2.75) is 26.1 Å². The van der Waals surface area contributed by atoms with Crippen molar-refractivity contribution < 1.29 is 22.8 Å². The third-order valence-corrected chi connectivity index (χ3v) is 3.44. The molecule has 0 spiro atoms. The molecule has 2 amide bonds. The largest absolute Gasteiger partial charge is 0.416 e. The first-order chi connectivity index (χ1) is 12.1. The maximum absolute atomic E-state index is 12.5. The highest BCUT2D eigenvalue weighted by Gasteiger charge is 2.30. The van der Waals surface area contributed by atoms with E-state index in [-0.39, 0.29) is 11.6 Å². The van der Waals surface area contributed by atoms with Gasteiger partial charge < -0.3 is 16.0 Å². The maximum Gasteiger partial charge on any atom is 0.416 e. The number of hydrogen-bond donors (Lipinski definition) is 3. The van der Waals surface area contributed by atoms with E-state index in [1.54, 1.807) is 31.2 Å². The van der Waals surface area contributed by atoms with Gasteiger partial charge in [-0.3, -0.25) is 9.59 Å². The van der Waals surface area contributed by atoms with Gasteiger partial charge in [0.25, 0.3) is 0 Å². The molecule has 0 heterocycles. The zero-order valence-electron chi connectivity index (χ0n) is 14.1. The lowest BCUT2D eigenvalue weighted by Gasteiger charge is -2.16. The Kier molecular flexibility index (Phi) is 5.86. The summed E-state index contributed by atoms with van der Waals surface area (Å²) in [4.78, 5) is 23.3. The van der Waals surface area contributed by atoms with Gasteiger partial charge in [-0.1, -0.05) is 6.07 Å². The van der Waals surface area contributed by atoms with E-state index in [2.05, 4.69) is 16.0 Å². The van der Waals surface area contributed by atoms with Crippen LogP contribution >= 0.6 is 0 Å². The summed E-state index contributed by atoms with van der Waals surface area (Å²) in [6, 6.07) is 10.4. The zero-order chi connectivity index (χ0) is 19.3. The normalized spacial score (nSPS) is 12.2. The molecular weight excluding hydrogens is 347 g/mol. The predicted molar refractivity (Wildman–Crippen MR) is 93.9 cm³/mol. The first kappa shape index (κ1) is 19.3. The van der Waals surface area contributed by atoms with E-state index < -0.39 is 23.7 Å². The number of benzene rings is 2. The molecule has 0 radical (unpaired) electrons. The van der Waals surface area contributed by atoms with E-state index in [4.69, 9.17) is 0 Å². The van der Waals surface area contributed by atoms with Crippen LogP contribution in [-0.2, 0) is 15.8 Å². The van der Waals surface area contributed by atoms with Gasteiger partial charge in [-0.2, -0.15) is 13.2 Å². The van der Waals surface area contributed by atoms with Crippen molar-refractivity contribution in [1.29, 1.82) is 0 Å². The molecule has 2 aromatic carbocycles. The summed E-state index contributed by atoms with van der Waals surface area (Å²) in [6.45, 7) is 3.00. The Morgan fingerprint density at radius 2 is 1.54 bits per heavy atom. The quantitative estimate of drug-likeness (QED) is 0.747. The molecular formula is C18H18F3N3O2. The second kappa shape index (κ2) is 7.90. The third-order valence-electron chi connectivity index (χ3n) is 3.44. The van der Waals surface area contributed by atoms with E-state index in [1.807, 2.05) is 0 Å².